The minimum Gasteiger partial charge on any atom is -0.497 e. The predicted octanol–water partition coefficient (Wildman–Crippen LogP) is 2.44. The van der Waals surface area contributed by atoms with E-state index < -0.39 is 5.91 Å². The van der Waals surface area contributed by atoms with Crippen molar-refractivity contribution in [1.29, 1.82) is 0 Å². The van der Waals surface area contributed by atoms with Crippen LogP contribution >= 0.6 is 0 Å². The van der Waals surface area contributed by atoms with Crippen molar-refractivity contribution >= 4 is 22.7 Å². The summed E-state index contributed by atoms with van der Waals surface area (Å²) >= 11 is 0. The largest absolute Gasteiger partial charge is 0.497 e. The maximum Gasteiger partial charge on any atom is 0.262 e. The summed E-state index contributed by atoms with van der Waals surface area (Å²) in [5.41, 5.74) is 6.87. The fourth-order valence-corrected chi connectivity index (χ4v) is 2.42. The van der Waals surface area contributed by atoms with E-state index in [4.69, 9.17) is 10.5 Å². The molecular weight excluding hydrogens is 280 g/mol. The van der Waals surface area contributed by atoms with Gasteiger partial charge in [-0.25, -0.2) is 0 Å². The van der Waals surface area contributed by atoms with Crippen molar-refractivity contribution in [2.75, 3.05) is 7.11 Å². The van der Waals surface area contributed by atoms with Gasteiger partial charge < -0.3 is 10.5 Å². The molecule has 1 amide bonds. The number of nitrogens with zero attached hydrogens (tertiary/aromatic N) is 1. The standard InChI is InChI=1S/C17H14N2O3/c1-22-12-8-6-11(7-9-12)17(21)19-10-14(16(18)20)13-4-2-3-5-15(13)19/h2-10H,1H3,(H2,18,20). The van der Waals surface area contributed by atoms with Gasteiger partial charge in [-0.15, -0.1) is 0 Å². The van der Waals surface area contributed by atoms with Crippen LogP contribution in [0, 0.1) is 0 Å². The molecule has 22 heavy (non-hydrogen) atoms. The lowest BCUT2D eigenvalue weighted by Gasteiger charge is -2.05. The number of aromatic nitrogens is 1. The van der Waals surface area contributed by atoms with Gasteiger partial charge in [-0.2, -0.15) is 0 Å². The highest BCUT2D eigenvalue weighted by Gasteiger charge is 2.17. The number of amides is 1. The van der Waals surface area contributed by atoms with Crippen LogP contribution in [0.4, 0.5) is 0 Å². The zero-order chi connectivity index (χ0) is 15.7. The van der Waals surface area contributed by atoms with Gasteiger partial charge in [-0.3, -0.25) is 14.2 Å². The molecule has 0 radical (unpaired) electrons. The molecule has 1 aromatic heterocycles. The number of hydrogen-bond donors (Lipinski definition) is 1. The van der Waals surface area contributed by atoms with Crippen LogP contribution in [0.5, 0.6) is 5.75 Å². The van der Waals surface area contributed by atoms with Crippen LogP contribution < -0.4 is 10.5 Å². The molecule has 0 fully saturated rings. The van der Waals surface area contributed by atoms with E-state index in [1.54, 1.807) is 49.6 Å². The van der Waals surface area contributed by atoms with Crippen LogP contribution in [0.2, 0.25) is 0 Å². The summed E-state index contributed by atoms with van der Waals surface area (Å²) < 4.78 is 6.52. The van der Waals surface area contributed by atoms with Crippen molar-refractivity contribution in [2.24, 2.45) is 5.73 Å². The summed E-state index contributed by atoms with van der Waals surface area (Å²) in [4.78, 5) is 24.2. The third-order valence-electron chi connectivity index (χ3n) is 3.53. The van der Waals surface area contributed by atoms with Crippen molar-refractivity contribution in [3.05, 3.63) is 65.9 Å². The van der Waals surface area contributed by atoms with Gasteiger partial charge in [-0.1, -0.05) is 18.2 Å². The lowest BCUT2D eigenvalue weighted by Crippen LogP contribution is -2.12. The first-order valence-electron chi connectivity index (χ1n) is 6.70. The van der Waals surface area contributed by atoms with Gasteiger partial charge >= 0.3 is 0 Å². The van der Waals surface area contributed by atoms with E-state index in [0.29, 0.717) is 27.8 Å². The number of carbonyl (C=O) groups is 2. The zero-order valence-corrected chi connectivity index (χ0v) is 11.9. The second-order valence-electron chi connectivity index (χ2n) is 4.83. The number of hydrogen-bond acceptors (Lipinski definition) is 3. The fourth-order valence-electron chi connectivity index (χ4n) is 2.42. The topological polar surface area (TPSA) is 74.3 Å². The van der Waals surface area contributed by atoms with E-state index in [-0.39, 0.29) is 5.91 Å². The molecule has 3 aromatic rings. The molecule has 110 valence electrons. The summed E-state index contributed by atoms with van der Waals surface area (Å²) in [6.45, 7) is 0. The van der Waals surface area contributed by atoms with Crippen LogP contribution in [0.1, 0.15) is 20.7 Å². The van der Waals surface area contributed by atoms with E-state index in [2.05, 4.69) is 0 Å². The van der Waals surface area contributed by atoms with E-state index in [1.165, 1.54) is 10.8 Å². The number of carbonyl (C=O) groups excluding carboxylic acids is 2. The third-order valence-corrected chi connectivity index (χ3v) is 3.53. The number of fused-ring (bicyclic) bond motifs is 1. The number of rotatable bonds is 3. The number of para-hydroxylation sites is 1. The van der Waals surface area contributed by atoms with Crippen molar-refractivity contribution in [1.82, 2.24) is 4.57 Å². The first-order chi connectivity index (χ1) is 10.6. The average Bonchev–Trinajstić information content (AvgIpc) is 2.94. The minimum absolute atomic E-state index is 0.230. The van der Waals surface area contributed by atoms with Gasteiger partial charge in [0.1, 0.15) is 5.75 Å². The predicted molar refractivity (Wildman–Crippen MR) is 83.2 cm³/mol. The van der Waals surface area contributed by atoms with Gasteiger partial charge in [0.25, 0.3) is 11.8 Å². The van der Waals surface area contributed by atoms with Gasteiger partial charge in [0.15, 0.2) is 0 Å². The Morgan fingerprint density at radius 3 is 2.36 bits per heavy atom. The molecule has 0 saturated heterocycles. The second kappa shape index (κ2) is 5.37. The van der Waals surface area contributed by atoms with Gasteiger partial charge in [0.2, 0.25) is 0 Å². The Hall–Kier alpha value is -3.08. The van der Waals surface area contributed by atoms with Crippen LogP contribution in [-0.2, 0) is 0 Å². The highest BCUT2D eigenvalue weighted by molar-refractivity contribution is 6.11. The quantitative estimate of drug-likeness (QED) is 0.806. The molecule has 0 saturated carbocycles. The van der Waals surface area contributed by atoms with Crippen molar-refractivity contribution in [2.45, 2.75) is 0 Å². The Kier molecular flexibility index (Phi) is 3.39. The highest BCUT2D eigenvalue weighted by atomic mass is 16.5. The molecule has 0 unspecified atom stereocenters. The molecule has 1 heterocycles. The van der Waals surface area contributed by atoms with Crippen LogP contribution in [-0.4, -0.2) is 23.5 Å². The Labute approximate surface area is 126 Å². The second-order valence-corrected chi connectivity index (χ2v) is 4.83. The number of nitrogens with two attached hydrogens (primary N) is 1. The molecule has 0 bridgehead atoms. The molecule has 5 nitrogen and oxygen atoms in total. The summed E-state index contributed by atoms with van der Waals surface area (Å²) in [7, 11) is 1.56. The minimum atomic E-state index is -0.558. The van der Waals surface area contributed by atoms with Crippen LogP contribution in [0.3, 0.4) is 0 Å². The maximum absolute atomic E-state index is 12.7. The average molecular weight is 294 g/mol. The van der Waals surface area contributed by atoms with Crippen molar-refractivity contribution < 1.29 is 14.3 Å². The molecule has 3 rings (SSSR count). The van der Waals surface area contributed by atoms with E-state index in [9.17, 15) is 9.59 Å². The number of methoxy groups -OCH3 is 1. The summed E-state index contributed by atoms with van der Waals surface area (Å²) in [6.07, 6.45) is 1.49. The zero-order valence-electron chi connectivity index (χ0n) is 11.9. The third kappa shape index (κ3) is 2.22. The summed E-state index contributed by atoms with van der Waals surface area (Å²) in [6, 6.07) is 14.0. The fraction of sp³-hybridized carbons (Fsp3) is 0.0588. The monoisotopic (exact) mass is 294 g/mol. The smallest absolute Gasteiger partial charge is 0.262 e. The molecule has 0 aliphatic heterocycles. The first kappa shape index (κ1) is 13.9. The van der Waals surface area contributed by atoms with E-state index in [1.807, 2.05) is 6.07 Å². The van der Waals surface area contributed by atoms with Crippen LogP contribution in [0.25, 0.3) is 10.9 Å². The molecule has 2 aromatic carbocycles. The normalized spacial score (nSPS) is 10.6. The van der Waals surface area contributed by atoms with E-state index in [0.717, 1.165) is 0 Å². The molecule has 0 aliphatic carbocycles. The highest BCUT2D eigenvalue weighted by Crippen LogP contribution is 2.22. The Bertz CT molecular complexity index is 863. The first-order valence-corrected chi connectivity index (χ1v) is 6.70. The Morgan fingerprint density at radius 2 is 1.73 bits per heavy atom. The van der Waals surface area contributed by atoms with E-state index >= 15 is 0 Å². The Balaban J connectivity index is 2.12. The van der Waals surface area contributed by atoms with Crippen molar-refractivity contribution in [3.63, 3.8) is 0 Å². The van der Waals surface area contributed by atoms with Crippen LogP contribution in [0.15, 0.2) is 54.7 Å². The van der Waals surface area contributed by atoms with Gasteiger partial charge in [-0.05, 0) is 30.3 Å². The van der Waals surface area contributed by atoms with Gasteiger partial charge in [0.05, 0.1) is 18.2 Å². The summed E-state index contributed by atoms with van der Waals surface area (Å²) in [5, 5.41) is 0.664. The molecule has 5 heteroatoms. The lowest BCUT2D eigenvalue weighted by molar-refractivity contribution is 0.0965. The number of primary amides is 1. The molecule has 0 spiro atoms. The summed E-state index contributed by atoms with van der Waals surface area (Å²) in [5.74, 6) is -0.115. The maximum atomic E-state index is 12.7. The SMILES string of the molecule is COc1ccc(C(=O)n2cc(C(N)=O)c3ccccc32)cc1. The molecular formula is C17H14N2O3. The number of benzene rings is 2. The Morgan fingerprint density at radius 1 is 1.05 bits per heavy atom. The van der Waals surface area contributed by atoms with Crippen molar-refractivity contribution in [3.8, 4) is 5.75 Å². The molecule has 0 aliphatic rings. The molecule has 2 N–H and O–H groups in total. The lowest BCUT2D eigenvalue weighted by atomic mass is 10.1. The van der Waals surface area contributed by atoms with Gasteiger partial charge in [0, 0.05) is 17.1 Å². The molecule has 0 atom stereocenters. The number of ether oxygens (including phenoxy) is 1.